The van der Waals surface area contributed by atoms with Gasteiger partial charge in [-0.15, -0.1) is 0 Å². The minimum atomic E-state index is 0.0848. The molecule has 0 aliphatic carbocycles. The zero-order chi connectivity index (χ0) is 20.3. The number of ketones is 1. The van der Waals surface area contributed by atoms with Crippen molar-refractivity contribution in [3.05, 3.63) is 35.9 Å². The van der Waals surface area contributed by atoms with Crippen LogP contribution >= 0.6 is 0 Å². The van der Waals surface area contributed by atoms with Gasteiger partial charge in [-0.25, -0.2) is 0 Å². The van der Waals surface area contributed by atoms with Crippen LogP contribution in [-0.4, -0.2) is 60.0 Å². The number of piperidine rings is 1. The predicted octanol–water partition coefficient (Wildman–Crippen LogP) is 3.17. The van der Waals surface area contributed by atoms with Crippen molar-refractivity contribution < 1.29 is 4.79 Å². The summed E-state index contributed by atoms with van der Waals surface area (Å²) in [5.74, 6) is 2.77. The maximum Gasteiger partial charge on any atom is 0.231 e. The van der Waals surface area contributed by atoms with E-state index >= 15 is 0 Å². The Hall–Kier alpha value is -2.70. The maximum atomic E-state index is 12.8. The first-order valence-electron chi connectivity index (χ1n) is 11.4. The lowest BCUT2D eigenvalue weighted by molar-refractivity contribution is 0.0900. The molecule has 158 valence electrons. The molecule has 3 saturated heterocycles. The number of nitrogens with zero attached hydrogens (tertiary/aromatic N) is 6. The van der Waals surface area contributed by atoms with E-state index < -0.39 is 0 Å². The topological polar surface area (TPSA) is 65.5 Å². The summed E-state index contributed by atoms with van der Waals surface area (Å²) in [6, 6.07) is 9.67. The summed E-state index contributed by atoms with van der Waals surface area (Å²) in [6.07, 6.45) is 6.50. The molecule has 7 nitrogen and oxygen atoms in total. The lowest BCUT2D eigenvalue weighted by Gasteiger charge is -2.32. The van der Waals surface area contributed by atoms with Crippen molar-refractivity contribution in [2.75, 3.05) is 54.0 Å². The third-order valence-electron chi connectivity index (χ3n) is 6.58. The minimum absolute atomic E-state index is 0.0848. The third kappa shape index (κ3) is 3.98. The molecule has 4 heterocycles. The highest BCUT2D eigenvalue weighted by atomic mass is 16.1. The van der Waals surface area contributed by atoms with Gasteiger partial charge in [0.2, 0.25) is 17.8 Å². The van der Waals surface area contributed by atoms with E-state index in [1.807, 2.05) is 30.3 Å². The van der Waals surface area contributed by atoms with Crippen molar-refractivity contribution in [3.8, 4) is 0 Å². The number of hydrogen-bond acceptors (Lipinski definition) is 7. The quantitative estimate of drug-likeness (QED) is 0.707. The molecule has 0 saturated carbocycles. The summed E-state index contributed by atoms with van der Waals surface area (Å²) >= 11 is 0. The lowest BCUT2D eigenvalue weighted by atomic mass is 9.89. The first-order valence-corrected chi connectivity index (χ1v) is 11.4. The molecule has 1 aromatic heterocycles. The van der Waals surface area contributed by atoms with E-state index in [1.54, 1.807) is 0 Å². The minimum Gasteiger partial charge on any atom is -0.341 e. The highest BCUT2D eigenvalue weighted by molar-refractivity contribution is 5.97. The summed E-state index contributed by atoms with van der Waals surface area (Å²) in [6.45, 7) is 5.72. The first-order chi connectivity index (χ1) is 14.8. The van der Waals surface area contributed by atoms with Crippen molar-refractivity contribution in [3.63, 3.8) is 0 Å². The van der Waals surface area contributed by atoms with Crippen molar-refractivity contribution >= 4 is 23.6 Å². The van der Waals surface area contributed by atoms with Gasteiger partial charge < -0.3 is 14.7 Å². The van der Waals surface area contributed by atoms with Crippen LogP contribution in [-0.2, 0) is 0 Å². The standard InChI is InChI=1S/C23H30N6O/c30-20(18-8-2-1-3-9-18)19-10-16-29(17-11-19)23-25-21(27-12-4-5-13-27)24-22(26-23)28-14-6-7-15-28/h1-3,8-9,19H,4-7,10-17H2. The Labute approximate surface area is 178 Å². The molecule has 3 aliphatic rings. The molecule has 5 rings (SSSR count). The van der Waals surface area contributed by atoms with E-state index in [0.29, 0.717) is 0 Å². The SMILES string of the molecule is O=C(c1ccccc1)C1CCN(c2nc(N3CCCC3)nc(N3CCCC3)n2)CC1. The van der Waals surface area contributed by atoms with Gasteiger partial charge in [0, 0.05) is 50.7 Å². The molecule has 0 N–H and O–H groups in total. The zero-order valence-electron chi connectivity index (χ0n) is 17.5. The lowest BCUT2D eigenvalue weighted by Crippen LogP contribution is -2.38. The summed E-state index contributed by atoms with van der Waals surface area (Å²) in [5.41, 5.74) is 0.823. The molecular weight excluding hydrogens is 376 g/mol. The van der Waals surface area contributed by atoms with Crippen molar-refractivity contribution in [1.29, 1.82) is 0 Å². The summed E-state index contributed by atoms with van der Waals surface area (Å²) in [4.78, 5) is 34.2. The Morgan fingerprint density at radius 1 is 0.667 bits per heavy atom. The van der Waals surface area contributed by atoms with Crippen LogP contribution in [0.5, 0.6) is 0 Å². The second-order valence-corrected chi connectivity index (χ2v) is 8.62. The van der Waals surface area contributed by atoms with E-state index in [4.69, 9.17) is 15.0 Å². The van der Waals surface area contributed by atoms with Crippen LogP contribution in [0.3, 0.4) is 0 Å². The van der Waals surface area contributed by atoms with E-state index in [-0.39, 0.29) is 11.7 Å². The Kier molecular flexibility index (Phi) is 5.51. The van der Waals surface area contributed by atoms with Gasteiger partial charge in [-0.3, -0.25) is 4.79 Å². The van der Waals surface area contributed by atoms with Crippen LogP contribution in [0, 0.1) is 5.92 Å². The number of anilines is 3. The largest absolute Gasteiger partial charge is 0.341 e. The maximum absolute atomic E-state index is 12.8. The van der Waals surface area contributed by atoms with Crippen molar-refractivity contribution in [2.45, 2.75) is 38.5 Å². The predicted molar refractivity (Wildman–Crippen MR) is 118 cm³/mol. The molecule has 0 atom stereocenters. The van der Waals surface area contributed by atoms with Crippen molar-refractivity contribution in [1.82, 2.24) is 15.0 Å². The second kappa shape index (κ2) is 8.58. The molecule has 30 heavy (non-hydrogen) atoms. The summed E-state index contributed by atoms with van der Waals surface area (Å²) < 4.78 is 0. The number of benzene rings is 1. The molecule has 0 unspecified atom stereocenters. The zero-order valence-corrected chi connectivity index (χ0v) is 17.5. The second-order valence-electron chi connectivity index (χ2n) is 8.62. The molecule has 0 spiro atoms. The number of aromatic nitrogens is 3. The summed E-state index contributed by atoms with van der Waals surface area (Å²) in [5, 5.41) is 0. The highest BCUT2D eigenvalue weighted by Gasteiger charge is 2.29. The number of hydrogen-bond donors (Lipinski definition) is 0. The Bertz CT molecular complexity index is 834. The molecule has 0 amide bonds. The van der Waals surface area contributed by atoms with Crippen LogP contribution in [0.25, 0.3) is 0 Å². The molecule has 0 bridgehead atoms. The molecule has 2 aromatic rings. The van der Waals surface area contributed by atoms with Crippen molar-refractivity contribution in [2.24, 2.45) is 5.92 Å². The van der Waals surface area contributed by atoms with Gasteiger partial charge in [-0.2, -0.15) is 15.0 Å². The average Bonchev–Trinajstić information content (AvgIpc) is 3.54. The van der Waals surface area contributed by atoms with Gasteiger partial charge in [0.25, 0.3) is 0 Å². The van der Waals surface area contributed by atoms with Gasteiger partial charge in [0.15, 0.2) is 5.78 Å². The fourth-order valence-electron chi connectivity index (χ4n) is 4.78. The molecular formula is C23H30N6O. The Morgan fingerprint density at radius 2 is 1.10 bits per heavy atom. The van der Waals surface area contributed by atoms with Gasteiger partial charge in [0.05, 0.1) is 0 Å². The summed E-state index contributed by atoms with van der Waals surface area (Å²) in [7, 11) is 0. The van der Waals surface area contributed by atoms with E-state index in [2.05, 4.69) is 14.7 Å². The van der Waals surface area contributed by atoms with Crippen LogP contribution in [0.2, 0.25) is 0 Å². The molecule has 3 aliphatic heterocycles. The monoisotopic (exact) mass is 406 g/mol. The first kappa shape index (κ1) is 19.3. The fraction of sp³-hybridized carbons (Fsp3) is 0.565. The van der Waals surface area contributed by atoms with E-state index in [9.17, 15) is 4.79 Å². The number of Topliss-reactive ketones (excluding diaryl/α,β-unsaturated/α-hetero) is 1. The van der Waals surface area contributed by atoms with E-state index in [0.717, 1.165) is 75.5 Å². The van der Waals surface area contributed by atoms with E-state index in [1.165, 1.54) is 25.7 Å². The van der Waals surface area contributed by atoms with Gasteiger partial charge in [0.1, 0.15) is 0 Å². The van der Waals surface area contributed by atoms with Gasteiger partial charge in [-0.1, -0.05) is 30.3 Å². The highest BCUT2D eigenvalue weighted by Crippen LogP contribution is 2.28. The molecule has 0 radical (unpaired) electrons. The van der Waals surface area contributed by atoms with Crippen LogP contribution in [0.4, 0.5) is 17.8 Å². The number of rotatable bonds is 5. The Balaban J connectivity index is 1.33. The van der Waals surface area contributed by atoms with Crippen LogP contribution in [0.15, 0.2) is 30.3 Å². The fourth-order valence-corrected chi connectivity index (χ4v) is 4.78. The van der Waals surface area contributed by atoms with Gasteiger partial charge in [-0.05, 0) is 38.5 Å². The third-order valence-corrected chi connectivity index (χ3v) is 6.58. The number of carbonyl (C=O) groups is 1. The molecule has 7 heteroatoms. The molecule has 1 aromatic carbocycles. The average molecular weight is 407 g/mol. The molecule has 3 fully saturated rings. The van der Waals surface area contributed by atoms with Gasteiger partial charge >= 0.3 is 0 Å². The van der Waals surface area contributed by atoms with Crippen LogP contribution in [0.1, 0.15) is 48.9 Å². The normalized spacial score (nSPS) is 20.2. The van der Waals surface area contributed by atoms with Crippen LogP contribution < -0.4 is 14.7 Å². The number of carbonyl (C=O) groups excluding carboxylic acids is 1. The Morgan fingerprint density at radius 3 is 1.57 bits per heavy atom. The smallest absolute Gasteiger partial charge is 0.231 e.